The van der Waals surface area contributed by atoms with Gasteiger partial charge in [-0.15, -0.1) is 0 Å². The van der Waals surface area contributed by atoms with Crippen molar-refractivity contribution in [3.05, 3.63) is 17.7 Å². The number of nitrogens with zero attached hydrogens (tertiary/aromatic N) is 3. The normalized spacial score (nSPS) is 21.0. The van der Waals surface area contributed by atoms with Crippen LogP contribution in [0.15, 0.2) is 6.20 Å². The van der Waals surface area contributed by atoms with Crippen LogP contribution in [0.1, 0.15) is 81.8 Å². The molecule has 140 valence electrons. The third-order valence-corrected chi connectivity index (χ3v) is 6.17. The summed E-state index contributed by atoms with van der Waals surface area (Å²) in [7, 11) is 0. The summed E-state index contributed by atoms with van der Waals surface area (Å²) in [6.45, 7) is 5.88. The topological polar surface area (TPSA) is 58.4 Å². The maximum Gasteiger partial charge on any atom is 0.222 e. The first-order chi connectivity index (χ1) is 12.1. The fourth-order valence-electron chi connectivity index (χ4n) is 4.59. The minimum Gasteiger partial charge on any atom is -0.394 e. The second-order valence-corrected chi connectivity index (χ2v) is 8.00. The lowest BCUT2D eigenvalue weighted by atomic mass is 9.94. The van der Waals surface area contributed by atoms with Crippen molar-refractivity contribution in [1.82, 2.24) is 14.5 Å². The van der Waals surface area contributed by atoms with Gasteiger partial charge in [0.25, 0.3) is 0 Å². The Morgan fingerprint density at radius 2 is 1.96 bits per heavy atom. The molecule has 0 radical (unpaired) electrons. The van der Waals surface area contributed by atoms with Gasteiger partial charge in [-0.3, -0.25) is 4.79 Å². The molecule has 1 N–H and O–H groups in total. The summed E-state index contributed by atoms with van der Waals surface area (Å²) in [4.78, 5) is 19.2. The average Bonchev–Trinajstić information content (AvgIpc) is 3.28. The third-order valence-electron chi connectivity index (χ3n) is 6.17. The Bertz CT molecular complexity index is 569. The predicted octanol–water partition coefficient (Wildman–Crippen LogP) is 3.42. The Morgan fingerprint density at radius 3 is 2.60 bits per heavy atom. The number of hydrogen-bond acceptors (Lipinski definition) is 3. The molecular formula is C20H33N3O2. The molecule has 0 spiro atoms. The van der Waals surface area contributed by atoms with Gasteiger partial charge in [0.1, 0.15) is 5.82 Å². The Balaban J connectivity index is 1.52. The van der Waals surface area contributed by atoms with Gasteiger partial charge in [-0.2, -0.15) is 0 Å². The van der Waals surface area contributed by atoms with Crippen molar-refractivity contribution >= 4 is 5.91 Å². The van der Waals surface area contributed by atoms with E-state index in [9.17, 15) is 9.90 Å². The number of hydrogen-bond donors (Lipinski definition) is 1. The molecule has 0 unspecified atom stereocenters. The van der Waals surface area contributed by atoms with Crippen LogP contribution in [-0.4, -0.2) is 45.2 Å². The fourth-order valence-corrected chi connectivity index (χ4v) is 4.59. The number of aliphatic hydroxyl groups is 1. The maximum atomic E-state index is 12.5. The van der Waals surface area contributed by atoms with E-state index in [1.807, 2.05) is 20.0 Å². The van der Waals surface area contributed by atoms with E-state index in [0.29, 0.717) is 11.8 Å². The van der Waals surface area contributed by atoms with Crippen LogP contribution in [0.2, 0.25) is 0 Å². The second-order valence-electron chi connectivity index (χ2n) is 8.00. The lowest BCUT2D eigenvalue weighted by Crippen LogP contribution is -2.38. The monoisotopic (exact) mass is 347 g/mol. The summed E-state index contributed by atoms with van der Waals surface area (Å²) in [5, 5.41) is 9.52. The molecule has 25 heavy (non-hydrogen) atoms. The second kappa shape index (κ2) is 8.35. The van der Waals surface area contributed by atoms with Crippen molar-refractivity contribution < 1.29 is 9.90 Å². The fraction of sp³-hybridized carbons (Fsp3) is 0.800. The molecule has 1 atom stereocenters. The molecule has 1 amide bonds. The van der Waals surface area contributed by atoms with Gasteiger partial charge in [0.2, 0.25) is 5.91 Å². The molecule has 0 bridgehead atoms. The van der Waals surface area contributed by atoms with E-state index < -0.39 is 0 Å². The van der Waals surface area contributed by atoms with E-state index in [-0.39, 0.29) is 12.6 Å². The Labute approximate surface area is 151 Å². The smallest absolute Gasteiger partial charge is 0.222 e. The highest BCUT2D eigenvalue weighted by molar-refractivity contribution is 5.76. The summed E-state index contributed by atoms with van der Waals surface area (Å²) in [6.07, 6.45) is 11.0. The van der Waals surface area contributed by atoms with Crippen molar-refractivity contribution in [3.8, 4) is 0 Å². The third kappa shape index (κ3) is 4.25. The number of aliphatic hydroxyl groups excluding tert-OH is 1. The number of imidazole rings is 1. The first kappa shape index (κ1) is 18.4. The number of amides is 1. The largest absolute Gasteiger partial charge is 0.394 e. The number of likely N-dealkylation sites (tertiary alicyclic amines) is 1. The Kier molecular flexibility index (Phi) is 6.15. The van der Waals surface area contributed by atoms with Crippen molar-refractivity contribution in [3.63, 3.8) is 0 Å². The van der Waals surface area contributed by atoms with Gasteiger partial charge in [0.05, 0.1) is 12.6 Å². The van der Waals surface area contributed by atoms with Crippen LogP contribution in [0.4, 0.5) is 0 Å². The molecule has 5 nitrogen and oxygen atoms in total. The zero-order valence-electron chi connectivity index (χ0n) is 15.8. The van der Waals surface area contributed by atoms with E-state index in [2.05, 4.69) is 14.5 Å². The number of aryl methyl sites for hydroxylation is 1. The minimum atomic E-state index is 0.0589. The van der Waals surface area contributed by atoms with Crippen LogP contribution in [0.3, 0.4) is 0 Å². The van der Waals surface area contributed by atoms with Crippen molar-refractivity contribution in [1.29, 1.82) is 0 Å². The molecule has 3 rings (SSSR count). The van der Waals surface area contributed by atoms with E-state index in [4.69, 9.17) is 0 Å². The van der Waals surface area contributed by atoms with Gasteiger partial charge in [-0.25, -0.2) is 4.98 Å². The standard InChI is InChI=1S/C20H33N3O2/c1-15-13-21-20(23(15)16(2)14-24)18-9-11-22(12-10-18)19(25)8-7-17-5-3-4-6-17/h13,16-18,24H,3-12,14H2,1-2H3/t16-/m1/s1. The van der Waals surface area contributed by atoms with Gasteiger partial charge in [0.15, 0.2) is 0 Å². The van der Waals surface area contributed by atoms with Crippen LogP contribution in [-0.2, 0) is 4.79 Å². The summed E-state index contributed by atoms with van der Waals surface area (Å²) in [5.74, 6) is 2.60. The van der Waals surface area contributed by atoms with Gasteiger partial charge >= 0.3 is 0 Å². The average molecular weight is 348 g/mol. The highest BCUT2D eigenvalue weighted by Crippen LogP contribution is 2.31. The summed E-state index contributed by atoms with van der Waals surface area (Å²) in [6, 6.07) is 0.0589. The van der Waals surface area contributed by atoms with E-state index >= 15 is 0 Å². The lowest BCUT2D eigenvalue weighted by molar-refractivity contribution is -0.132. The molecule has 5 heteroatoms. The van der Waals surface area contributed by atoms with Crippen LogP contribution in [0.25, 0.3) is 0 Å². The van der Waals surface area contributed by atoms with Crippen molar-refractivity contribution in [2.24, 2.45) is 5.92 Å². The molecule has 2 fully saturated rings. The number of carbonyl (C=O) groups is 1. The first-order valence-electron chi connectivity index (χ1n) is 10.0. The van der Waals surface area contributed by atoms with Gasteiger partial charge in [-0.05, 0) is 39.0 Å². The molecule has 1 saturated heterocycles. The number of rotatable bonds is 6. The zero-order chi connectivity index (χ0) is 17.8. The minimum absolute atomic E-state index is 0.0589. The molecule has 2 heterocycles. The van der Waals surface area contributed by atoms with E-state index in [1.54, 1.807) is 0 Å². The van der Waals surface area contributed by atoms with E-state index in [1.165, 1.54) is 25.7 Å². The quantitative estimate of drug-likeness (QED) is 0.858. The molecule has 1 aliphatic heterocycles. The van der Waals surface area contributed by atoms with Crippen LogP contribution in [0, 0.1) is 12.8 Å². The Hall–Kier alpha value is -1.36. The van der Waals surface area contributed by atoms with Crippen LogP contribution in [0.5, 0.6) is 0 Å². The first-order valence-corrected chi connectivity index (χ1v) is 10.0. The number of piperidine rings is 1. The maximum absolute atomic E-state index is 12.5. The molecule has 0 aromatic carbocycles. The van der Waals surface area contributed by atoms with Gasteiger partial charge < -0.3 is 14.6 Å². The summed E-state index contributed by atoms with van der Waals surface area (Å²) in [5.41, 5.74) is 1.10. The summed E-state index contributed by atoms with van der Waals surface area (Å²) >= 11 is 0. The highest BCUT2D eigenvalue weighted by atomic mass is 16.3. The highest BCUT2D eigenvalue weighted by Gasteiger charge is 2.28. The molecule has 1 saturated carbocycles. The SMILES string of the molecule is Cc1cnc(C2CCN(C(=O)CCC3CCCC3)CC2)n1[C@H](C)CO. The predicted molar refractivity (Wildman–Crippen MR) is 98.5 cm³/mol. The van der Waals surface area contributed by atoms with Crippen LogP contribution >= 0.6 is 0 Å². The molecule has 1 aliphatic carbocycles. The molecule has 1 aromatic heterocycles. The summed E-state index contributed by atoms with van der Waals surface area (Å²) < 4.78 is 2.17. The molecular weight excluding hydrogens is 314 g/mol. The Morgan fingerprint density at radius 1 is 1.28 bits per heavy atom. The number of aromatic nitrogens is 2. The zero-order valence-corrected chi connectivity index (χ0v) is 15.8. The molecule has 1 aromatic rings. The number of carbonyl (C=O) groups excluding carboxylic acids is 1. The van der Waals surface area contributed by atoms with Gasteiger partial charge in [-0.1, -0.05) is 25.7 Å². The van der Waals surface area contributed by atoms with Crippen LogP contribution < -0.4 is 0 Å². The van der Waals surface area contributed by atoms with E-state index in [0.717, 1.165) is 56.2 Å². The van der Waals surface area contributed by atoms with Gasteiger partial charge in [0, 0.05) is 37.3 Å². The lowest BCUT2D eigenvalue weighted by Gasteiger charge is -2.33. The van der Waals surface area contributed by atoms with Crippen molar-refractivity contribution in [2.45, 2.75) is 77.2 Å². The van der Waals surface area contributed by atoms with Crippen molar-refractivity contribution in [2.75, 3.05) is 19.7 Å². The molecule has 2 aliphatic rings.